The van der Waals surface area contributed by atoms with Crippen molar-refractivity contribution in [3.05, 3.63) is 77.2 Å². The number of hydrogen-bond donors (Lipinski definition) is 3. The summed E-state index contributed by atoms with van der Waals surface area (Å²) in [4.78, 5) is 20.8. The van der Waals surface area contributed by atoms with Crippen LogP contribution in [-0.2, 0) is 11.2 Å². The predicted octanol–water partition coefficient (Wildman–Crippen LogP) is 3.75. The van der Waals surface area contributed by atoms with Crippen LogP contribution in [0.5, 0.6) is 0 Å². The van der Waals surface area contributed by atoms with Gasteiger partial charge in [0.25, 0.3) is 0 Å². The second-order valence-electron chi connectivity index (χ2n) is 6.79. The summed E-state index contributed by atoms with van der Waals surface area (Å²) in [6.45, 7) is 4.86. The molecule has 3 rings (SSSR count). The van der Waals surface area contributed by atoms with Crippen molar-refractivity contribution in [2.24, 2.45) is 0 Å². The fraction of sp³-hybridized carbons (Fsp3) is 0.227. The second-order valence-corrected chi connectivity index (χ2v) is 6.79. The lowest BCUT2D eigenvalue weighted by Crippen LogP contribution is -2.30. The Hall–Kier alpha value is -3.48. The second kappa shape index (κ2) is 9.64. The minimum Gasteiger partial charge on any atom is -0.354 e. The Balaban J connectivity index is 1.47. The molecule has 0 saturated heterocycles. The van der Waals surface area contributed by atoms with Crippen molar-refractivity contribution < 1.29 is 9.18 Å². The molecule has 150 valence electrons. The molecule has 0 atom stereocenters. The molecular weight excluding hydrogens is 369 g/mol. The van der Waals surface area contributed by atoms with E-state index < -0.39 is 0 Å². The monoisotopic (exact) mass is 393 g/mol. The quantitative estimate of drug-likeness (QED) is 0.508. The van der Waals surface area contributed by atoms with Crippen molar-refractivity contribution in [1.82, 2.24) is 15.3 Å². The Morgan fingerprint density at radius 2 is 1.69 bits per heavy atom. The largest absolute Gasteiger partial charge is 0.354 e. The number of carbonyl (C=O) groups excluding carboxylic acids is 1. The van der Waals surface area contributed by atoms with Gasteiger partial charge in [-0.3, -0.25) is 4.79 Å². The number of benzene rings is 2. The van der Waals surface area contributed by atoms with Gasteiger partial charge in [-0.1, -0.05) is 29.8 Å². The normalized spacial score (nSPS) is 10.4. The number of anilines is 3. The molecule has 0 unspecified atom stereocenters. The fourth-order valence-electron chi connectivity index (χ4n) is 2.72. The van der Waals surface area contributed by atoms with E-state index in [0.29, 0.717) is 24.9 Å². The Bertz CT molecular complexity index is 958. The molecule has 29 heavy (non-hydrogen) atoms. The molecule has 0 aliphatic carbocycles. The number of nitrogens with zero attached hydrogens (tertiary/aromatic N) is 2. The van der Waals surface area contributed by atoms with Crippen LogP contribution in [0.3, 0.4) is 0 Å². The first-order valence-electron chi connectivity index (χ1n) is 9.42. The molecule has 0 spiro atoms. The van der Waals surface area contributed by atoms with Crippen LogP contribution >= 0.6 is 0 Å². The number of aryl methyl sites for hydroxylation is 2. The fourth-order valence-corrected chi connectivity index (χ4v) is 2.72. The lowest BCUT2D eigenvalue weighted by atomic mass is 10.1. The third kappa shape index (κ3) is 6.57. The molecule has 2 aromatic carbocycles. The number of amides is 1. The van der Waals surface area contributed by atoms with Gasteiger partial charge in [0, 0.05) is 30.5 Å². The van der Waals surface area contributed by atoms with Gasteiger partial charge in [-0.05, 0) is 43.7 Å². The van der Waals surface area contributed by atoms with Gasteiger partial charge in [-0.25, -0.2) is 9.37 Å². The van der Waals surface area contributed by atoms with Gasteiger partial charge >= 0.3 is 0 Å². The molecule has 0 saturated carbocycles. The molecule has 6 nitrogen and oxygen atoms in total. The minimum atomic E-state index is -0.312. The predicted molar refractivity (Wildman–Crippen MR) is 113 cm³/mol. The summed E-state index contributed by atoms with van der Waals surface area (Å²) in [7, 11) is 0. The van der Waals surface area contributed by atoms with Gasteiger partial charge in [0.2, 0.25) is 11.9 Å². The Kier molecular flexibility index (Phi) is 6.73. The summed E-state index contributed by atoms with van der Waals surface area (Å²) < 4.78 is 12.9. The van der Waals surface area contributed by atoms with Crippen LogP contribution in [0.1, 0.15) is 16.8 Å². The van der Waals surface area contributed by atoms with E-state index in [4.69, 9.17) is 0 Å². The minimum absolute atomic E-state index is 0.120. The molecule has 0 aliphatic heterocycles. The van der Waals surface area contributed by atoms with E-state index >= 15 is 0 Å². The summed E-state index contributed by atoms with van der Waals surface area (Å²) in [6.07, 6.45) is 0.214. The highest BCUT2D eigenvalue weighted by molar-refractivity contribution is 5.78. The van der Waals surface area contributed by atoms with E-state index in [1.165, 1.54) is 17.7 Å². The first kappa shape index (κ1) is 20.3. The van der Waals surface area contributed by atoms with E-state index in [1.807, 2.05) is 44.2 Å². The van der Waals surface area contributed by atoms with Gasteiger partial charge in [0.05, 0.1) is 6.42 Å². The topological polar surface area (TPSA) is 78.9 Å². The van der Waals surface area contributed by atoms with Gasteiger partial charge < -0.3 is 16.0 Å². The van der Waals surface area contributed by atoms with Crippen molar-refractivity contribution in [3.8, 4) is 0 Å². The zero-order chi connectivity index (χ0) is 20.6. The van der Waals surface area contributed by atoms with E-state index in [1.54, 1.807) is 12.1 Å². The maximum Gasteiger partial charge on any atom is 0.224 e. The van der Waals surface area contributed by atoms with Crippen molar-refractivity contribution in [1.29, 1.82) is 0 Å². The molecular formula is C22H24FN5O. The van der Waals surface area contributed by atoms with Crippen LogP contribution < -0.4 is 16.0 Å². The molecule has 0 aliphatic rings. The van der Waals surface area contributed by atoms with Crippen LogP contribution in [0.15, 0.2) is 54.6 Å². The first-order valence-corrected chi connectivity index (χ1v) is 9.42. The smallest absolute Gasteiger partial charge is 0.224 e. The lowest BCUT2D eigenvalue weighted by molar-refractivity contribution is -0.120. The molecule has 1 heterocycles. The van der Waals surface area contributed by atoms with Crippen LogP contribution in [0.25, 0.3) is 0 Å². The maximum atomic E-state index is 12.9. The standard InChI is InChI=1S/C22H24FN5O/c1-15-3-9-19(10-4-15)27-20-13-16(2)26-22(28-20)25-12-11-24-21(29)14-17-5-7-18(23)8-6-17/h3-10,13H,11-12,14H2,1-2H3,(H,24,29)(H2,25,26,27,28). The third-order valence-corrected chi connectivity index (χ3v) is 4.19. The highest BCUT2D eigenvalue weighted by atomic mass is 19.1. The number of halogens is 1. The van der Waals surface area contributed by atoms with E-state index in [-0.39, 0.29) is 18.1 Å². The highest BCUT2D eigenvalue weighted by Crippen LogP contribution is 2.17. The first-order chi connectivity index (χ1) is 14.0. The number of rotatable bonds is 8. The zero-order valence-corrected chi connectivity index (χ0v) is 16.5. The zero-order valence-electron chi connectivity index (χ0n) is 16.5. The Labute approximate surface area is 169 Å². The lowest BCUT2D eigenvalue weighted by Gasteiger charge is -2.11. The van der Waals surface area contributed by atoms with Crippen molar-refractivity contribution in [2.75, 3.05) is 23.7 Å². The number of hydrogen-bond acceptors (Lipinski definition) is 5. The van der Waals surface area contributed by atoms with E-state index in [9.17, 15) is 9.18 Å². The molecule has 1 aromatic heterocycles. The summed E-state index contributed by atoms with van der Waals surface area (Å²) in [5.74, 6) is 0.759. The van der Waals surface area contributed by atoms with Gasteiger partial charge in [0.1, 0.15) is 11.6 Å². The molecule has 0 fully saturated rings. The number of carbonyl (C=O) groups is 1. The van der Waals surface area contributed by atoms with E-state index in [0.717, 1.165) is 16.9 Å². The van der Waals surface area contributed by atoms with Gasteiger partial charge in [-0.2, -0.15) is 4.98 Å². The molecule has 3 aromatic rings. The number of nitrogens with one attached hydrogen (secondary N) is 3. The summed E-state index contributed by atoms with van der Waals surface area (Å²) in [5.41, 5.74) is 3.74. The average molecular weight is 393 g/mol. The molecule has 0 radical (unpaired) electrons. The highest BCUT2D eigenvalue weighted by Gasteiger charge is 2.05. The summed E-state index contributed by atoms with van der Waals surface area (Å²) in [6, 6.07) is 15.8. The van der Waals surface area contributed by atoms with Gasteiger partial charge in [0.15, 0.2) is 0 Å². The van der Waals surface area contributed by atoms with Crippen molar-refractivity contribution in [3.63, 3.8) is 0 Å². The summed E-state index contributed by atoms with van der Waals surface area (Å²) in [5, 5.41) is 9.21. The molecule has 1 amide bonds. The van der Waals surface area contributed by atoms with Crippen LogP contribution in [0, 0.1) is 19.7 Å². The van der Waals surface area contributed by atoms with Crippen molar-refractivity contribution >= 4 is 23.4 Å². The van der Waals surface area contributed by atoms with Gasteiger partial charge in [-0.15, -0.1) is 0 Å². The molecule has 7 heteroatoms. The number of aromatic nitrogens is 2. The van der Waals surface area contributed by atoms with Crippen LogP contribution in [0.4, 0.5) is 21.8 Å². The van der Waals surface area contributed by atoms with Crippen LogP contribution in [0.2, 0.25) is 0 Å². The average Bonchev–Trinajstić information content (AvgIpc) is 2.68. The molecule has 0 bridgehead atoms. The van der Waals surface area contributed by atoms with Crippen LogP contribution in [-0.4, -0.2) is 29.0 Å². The Morgan fingerprint density at radius 1 is 0.966 bits per heavy atom. The Morgan fingerprint density at radius 3 is 2.41 bits per heavy atom. The van der Waals surface area contributed by atoms with E-state index in [2.05, 4.69) is 25.9 Å². The SMILES string of the molecule is Cc1ccc(Nc2cc(C)nc(NCCNC(=O)Cc3ccc(F)cc3)n2)cc1. The maximum absolute atomic E-state index is 12.9. The molecule has 3 N–H and O–H groups in total. The third-order valence-electron chi connectivity index (χ3n) is 4.19. The van der Waals surface area contributed by atoms with Crippen molar-refractivity contribution in [2.45, 2.75) is 20.3 Å². The summed E-state index contributed by atoms with van der Waals surface area (Å²) >= 11 is 0.